The predicted octanol–water partition coefficient (Wildman–Crippen LogP) is 2.89. The van der Waals surface area contributed by atoms with E-state index in [2.05, 4.69) is 0 Å². The molecule has 1 spiro atoms. The average Bonchev–Trinajstić information content (AvgIpc) is 2.81. The number of ether oxygens (including phenoxy) is 1. The van der Waals surface area contributed by atoms with Gasteiger partial charge in [0.2, 0.25) is 0 Å². The first-order chi connectivity index (χ1) is 9.54. The fraction of sp³-hybridized carbons (Fsp3) is 0.867. The average molecular weight is 283 g/mol. The molecule has 1 unspecified atom stereocenters. The van der Waals surface area contributed by atoms with Crippen molar-refractivity contribution in [1.29, 1.82) is 0 Å². The summed E-state index contributed by atoms with van der Waals surface area (Å²) in [6.07, 6.45) is 6.13. The first kappa shape index (κ1) is 15.1. The summed E-state index contributed by atoms with van der Waals surface area (Å²) in [5.41, 5.74) is 0.339. The minimum absolute atomic E-state index is 0.0888. The summed E-state index contributed by atoms with van der Waals surface area (Å²) < 4.78 is 4.97. The van der Waals surface area contributed by atoms with Gasteiger partial charge in [0, 0.05) is 19.5 Å². The third kappa shape index (κ3) is 3.64. The molecular weight excluding hydrogens is 258 g/mol. The van der Waals surface area contributed by atoms with Crippen LogP contribution in [-0.4, -0.2) is 41.8 Å². The molecule has 0 aromatic carbocycles. The van der Waals surface area contributed by atoms with Gasteiger partial charge in [-0.05, 0) is 56.8 Å². The Labute approximate surface area is 120 Å². The molecule has 2 rings (SSSR count). The molecular formula is C15H25NO4. The Morgan fingerprint density at radius 2 is 2.00 bits per heavy atom. The number of piperidine rings is 1. The Balaban J connectivity index is 1.75. The number of hydrogen-bond acceptors (Lipinski definition) is 3. The maximum absolute atomic E-state index is 11.4. The van der Waals surface area contributed by atoms with E-state index >= 15 is 0 Å². The Bertz CT molecular complexity index is 361. The molecule has 1 heterocycles. The van der Waals surface area contributed by atoms with E-state index in [0.29, 0.717) is 37.5 Å². The van der Waals surface area contributed by atoms with Gasteiger partial charge in [-0.25, -0.2) is 4.79 Å². The van der Waals surface area contributed by atoms with Crippen LogP contribution in [0.1, 0.15) is 51.9 Å². The molecule has 20 heavy (non-hydrogen) atoms. The lowest BCUT2D eigenvalue weighted by atomic mass is 9.76. The zero-order chi connectivity index (χ0) is 14.6. The zero-order valence-electron chi connectivity index (χ0n) is 12.3. The Kier molecular flexibility index (Phi) is 4.89. The lowest BCUT2D eigenvalue weighted by molar-refractivity contribution is -0.143. The molecule has 5 nitrogen and oxygen atoms in total. The van der Waals surface area contributed by atoms with Crippen LogP contribution in [0.5, 0.6) is 0 Å². The summed E-state index contributed by atoms with van der Waals surface area (Å²) >= 11 is 0. The second-order valence-electron chi connectivity index (χ2n) is 6.22. The molecule has 0 radical (unpaired) electrons. The highest BCUT2D eigenvalue weighted by Gasteiger charge is 2.41. The van der Waals surface area contributed by atoms with Crippen molar-refractivity contribution >= 4 is 12.1 Å². The van der Waals surface area contributed by atoms with Gasteiger partial charge in [0.05, 0.1) is 6.61 Å². The van der Waals surface area contributed by atoms with E-state index in [-0.39, 0.29) is 5.97 Å². The van der Waals surface area contributed by atoms with Crippen LogP contribution in [-0.2, 0) is 9.53 Å². The number of esters is 1. The van der Waals surface area contributed by atoms with Crippen molar-refractivity contribution in [2.24, 2.45) is 11.3 Å². The van der Waals surface area contributed by atoms with Crippen LogP contribution < -0.4 is 0 Å². The highest BCUT2D eigenvalue weighted by molar-refractivity contribution is 5.69. The van der Waals surface area contributed by atoms with Crippen LogP contribution >= 0.6 is 0 Å². The normalized spacial score (nSPS) is 24.9. The predicted molar refractivity (Wildman–Crippen MR) is 74.5 cm³/mol. The summed E-state index contributed by atoms with van der Waals surface area (Å²) in [4.78, 5) is 23.9. The molecule has 1 amide bonds. The summed E-state index contributed by atoms with van der Waals surface area (Å²) in [5, 5.41) is 8.99. The number of carboxylic acid groups (broad SMARTS) is 1. The smallest absolute Gasteiger partial charge is 0.407 e. The molecule has 2 fully saturated rings. The highest BCUT2D eigenvalue weighted by Crippen LogP contribution is 2.50. The van der Waals surface area contributed by atoms with E-state index in [1.54, 1.807) is 0 Å². The van der Waals surface area contributed by atoms with E-state index in [0.717, 1.165) is 25.7 Å². The fourth-order valence-corrected chi connectivity index (χ4v) is 3.75. The SMILES string of the molecule is CCOC(=O)CCC1CCC2(CCN(C(=O)O)CC2)C1. The summed E-state index contributed by atoms with van der Waals surface area (Å²) in [6, 6.07) is 0. The quantitative estimate of drug-likeness (QED) is 0.806. The van der Waals surface area contributed by atoms with E-state index in [4.69, 9.17) is 9.84 Å². The minimum Gasteiger partial charge on any atom is -0.466 e. The maximum atomic E-state index is 11.4. The number of carbonyl (C=O) groups is 2. The number of likely N-dealkylation sites (tertiary alicyclic amines) is 1. The van der Waals surface area contributed by atoms with Crippen molar-refractivity contribution in [3.05, 3.63) is 0 Å². The number of amides is 1. The second-order valence-corrected chi connectivity index (χ2v) is 6.22. The fourth-order valence-electron chi connectivity index (χ4n) is 3.75. The standard InChI is InChI=1S/C15H25NO4/c1-2-20-13(17)4-3-12-5-6-15(11-12)7-9-16(10-8-15)14(18)19/h12H,2-11H2,1H3,(H,18,19). The number of rotatable bonds is 4. The summed E-state index contributed by atoms with van der Waals surface area (Å²) in [5.74, 6) is 0.518. The largest absolute Gasteiger partial charge is 0.466 e. The highest BCUT2D eigenvalue weighted by atomic mass is 16.5. The van der Waals surface area contributed by atoms with E-state index in [1.807, 2.05) is 6.92 Å². The van der Waals surface area contributed by atoms with Crippen LogP contribution in [0.3, 0.4) is 0 Å². The molecule has 0 aromatic heterocycles. The van der Waals surface area contributed by atoms with Crippen molar-refractivity contribution in [1.82, 2.24) is 4.90 Å². The Morgan fingerprint density at radius 1 is 1.30 bits per heavy atom. The summed E-state index contributed by atoms with van der Waals surface area (Å²) in [7, 11) is 0. The molecule has 5 heteroatoms. The van der Waals surface area contributed by atoms with Crippen LogP contribution in [0, 0.1) is 11.3 Å². The molecule has 1 saturated heterocycles. The van der Waals surface area contributed by atoms with Gasteiger partial charge in [0.1, 0.15) is 0 Å². The monoisotopic (exact) mass is 283 g/mol. The van der Waals surface area contributed by atoms with E-state index in [1.165, 1.54) is 17.7 Å². The van der Waals surface area contributed by atoms with Crippen molar-refractivity contribution in [2.75, 3.05) is 19.7 Å². The molecule has 1 aliphatic carbocycles. The molecule has 1 aliphatic heterocycles. The van der Waals surface area contributed by atoms with Crippen molar-refractivity contribution < 1.29 is 19.4 Å². The third-order valence-electron chi connectivity index (χ3n) is 4.96. The molecule has 2 aliphatic rings. The molecule has 0 bridgehead atoms. The Morgan fingerprint density at radius 3 is 2.60 bits per heavy atom. The van der Waals surface area contributed by atoms with Crippen LogP contribution in [0.25, 0.3) is 0 Å². The Hall–Kier alpha value is -1.26. The lowest BCUT2D eigenvalue weighted by Gasteiger charge is -2.38. The molecule has 1 saturated carbocycles. The van der Waals surface area contributed by atoms with Crippen molar-refractivity contribution in [3.63, 3.8) is 0 Å². The third-order valence-corrected chi connectivity index (χ3v) is 4.96. The lowest BCUT2D eigenvalue weighted by Crippen LogP contribution is -2.41. The van der Waals surface area contributed by atoms with Crippen LogP contribution in [0.2, 0.25) is 0 Å². The molecule has 1 N–H and O–H groups in total. The van der Waals surface area contributed by atoms with Crippen LogP contribution in [0.4, 0.5) is 4.79 Å². The van der Waals surface area contributed by atoms with E-state index < -0.39 is 6.09 Å². The van der Waals surface area contributed by atoms with Gasteiger partial charge < -0.3 is 14.7 Å². The number of nitrogens with zero attached hydrogens (tertiary/aromatic N) is 1. The van der Waals surface area contributed by atoms with Crippen molar-refractivity contribution in [3.8, 4) is 0 Å². The van der Waals surface area contributed by atoms with E-state index in [9.17, 15) is 9.59 Å². The van der Waals surface area contributed by atoms with Gasteiger partial charge in [-0.3, -0.25) is 4.79 Å². The van der Waals surface area contributed by atoms with Gasteiger partial charge in [-0.1, -0.05) is 0 Å². The van der Waals surface area contributed by atoms with Gasteiger partial charge in [0.15, 0.2) is 0 Å². The number of carbonyl (C=O) groups excluding carboxylic acids is 1. The van der Waals surface area contributed by atoms with Gasteiger partial charge in [0.25, 0.3) is 0 Å². The minimum atomic E-state index is -0.795. The summed E-state index contributed by atoms with van der Waals surface area (Å²) in [6.45, 7) is 3.62. The topological polar surface area (TPSA) is 66.8 Å². The van der Waals surface area contributed by atoms with Gasteiger partial charge >= 0.3 is 12.1 Å². The second kappa shape index (κ2) is 6.46. The number of hydrogen-bond donors (Lipinski definition) is 1. The van der Waals surface area contributed by atoms with Crippen LogP contribution in [0.15, 0.2) is 0 Å². The molecule has 0 aromatic rings. The molecule has 114 valence electrons. The zero-order valence-corrected chi connectivity index (χ0v) is 12.3. The first-order valence-electron chi connectivity index (χ1n) is 7.68. The van der Waals surface area contributed by atoms with Gasteiger partial charge in [-0.15, -0.1) is 0 Å². The first-order valence-corrected chi connectivity index (χ1v) is 7.68. The van der Waals surface area contributed by atoms with Gasteiger partial charge in [-0.2, -0.15) is 0 Å². The van der Waals surface area contributed by atoms with Crippen molar-refractivity contribution in [2.45, 2.75) is 51.9 Å². The maximum Gasteiger partial charge on any atom is 0.407 e. The molecule has 1 atom stereocenters.